The molecule has 2 atom stereocenters. The van der Waals surface area contributed by atoms with Gasteiger partial charge >= 0.3 is 0 Å². The zero-order chi connectivity index (χ0) is 13.5. The van der Waals surface area contributed by atoms with Crippen molar-refractivity contribution in [2.24, 2.45) is 5.92 Å². The van der Waals surface area contributed by atoms with Crippen molar-refractivity contribution in [3.05, 3.63) is 42.5 Å². The predicted molar refractivity (Wildman–Crippen MR) is 79.6 cm³/mol. The van der Waals surface area contributed by atoms with Gasteiger partial charge in [-0.3, -0.25) is 0 Å². The molecule has 2 aliphatic heterocycles. The van der Waals surface area contributed by atoms with Crippen LogP contribution in [0.5, 0.6) is 0 Å². The molecule has 0 amide bonds. The Morgan fingerprint density at radius 1 is 0.950 bits per heavy atom. The number of likely N-dealkylation sites (tertiary alicyclic amines) is 1. The fourth-order valence-electron chi connectivity index (χ4n) is 3.35. The van der Waals surface area contributed by atoms with Crippen molar-refractivity contribution in [1.29, 1.82) is 0 Å². The smallest absolute Gasteiger partial charge is 0.151 e. The molecule has 3 heterocycles. The number of likely N-dealkylation sites (N-methyl/N-ethyl adjacent to an activating group) is 1. The summed E-state index contributed by atoms with van der Waals surface area (Å²) in [5, 5.41) is 8.80. The Balaban J connectivity index is 1.54. The van der Waals surface area contributed by atoms with Gasteiger partial charge in [-0.25, -0.2) is 0 Å². The monoisotopic (exact) mass is 266 g/mol. The van der Waals surface area contributed by atoms with Crippen LogP contribution in [0.15, 0.2) is 42.5 Å². The van der Waals surface area contributed by atoms with E-state index in [1.807, 2.05) is 18.2 Å². The summed E-state index contributed by atoms with van der Waals surface area (Å²) in [7, 11) is 2.20. The second-order valence-electron chi connectivity index (χ2n) is 5.84. The Bertz CT molecular complexity index is 596. The fourth-order valence-corrected chi connectivity index (χ4v) is 3.35. The lowest BCUT2D eigenvalue weighted by Crippen LogP contribution is -2.56. The van der Waals surface area contributed by atoms with Crippen LogP contribution in [0.1, 0.15) is 0 Å². The third-order valence-corrected chi connectivity index (χ3v) is 4.43. The summed E-state index contributed by atoms with van der Waals surface area (Å²) in [6.45, 7) is 3.48. The maximum absolute atomic E-state index is 4.42. The number of fused-ring (bicyclic) bond motifs is 1. The number of hydrogen-bond acceptors (Lipinski definition) is 4. The second kappa shape index (κ2) is 4.56. The molecule has 4 nitrogen and oxygen atoms in total. The first-order valence-corrected chi connectivity index (χ1v) is 7.15. The van der Waals surface area contributed by atoms with E-state index in [4.69, 9.17) is 0 Å². The minimum atomic E-state index is 0.636. The molecule has 2 aliphatic rings. The van der Waals surface area contributed by atoms with Gasteiger partial charge in [0.2, 0.25) is 0 Å². The molecule has 1 aromatic heterocycles. The first-order chi connectivity index (χ1) is 9.81. The molecule has 102 valence electrons. The molecule has 1 aromatic carbocycles. The van der Waals surface area contributed by atoms with E-state index in [-0.39, 0.29) is 0 Å². The molecule has 2 saturated heterocycles. The lowest BCUT2D eigenvalue weighted by molar-refractivity contribution is 0.357. The topological polar surface area (TPSA) is 32.3 Å². The molecule has 20 heavy (non-hydrogen) atoms. The standard InChI is InChI=1S/C16H18N4/c1-19-9-13-10-20(15(13)11-19)16-8-7-14(17-18-16)12-5-3-2-4-6-12/h2-8,13,15H,9-11H2,1H3/t13-,15-/m1/s1. The molecule has 2 fully saturated rings. The van der Waals surface area contributed by atoms with Gasteiger partial charge in [-0.1, -0.05) is 30.3 Å². The van der Waals surface area contributed by atoms with E-state index in [1.54, 1.807) is 0 Å². The Hall–Kier alpha value is -1.94. The summed E-state index contributed by atoms with van der Waals surface area (Å²) >= 11 is 0. The number of rotatable bonds is 2. The van der Waals surface area contributed by atoms with Crippen LogP contribution in [-0.4, -0.2) is 47.8 Å². The molecule has 4 rings (SSSR count). The number of nitrogens with zero attached hydrogens (tertiary/aromatic N) is 4. The molecular formula is C16H18N4. The van der Waals surface area contributed by atoms with Gasteiger partial charge in [-0.2, -0.15) is 0 Å². The largest absolute Gasteiger partial charge is 0.350 e. The first-order valence-electron chi connectivity index (χ1n) is 7.15. The van der Waals surface area contributed by atoms with Crippen molar-refractivity contribution >= 4 is 5.82 Å². The van der Waals surface area contributed by atoms with Crippen molar-refractivity contribution in [3.63, 3.8) is 0 Å². The molecule has 2 aromatic rings. The SMILES string of the molecule is CN1C[C@@H]2CN(c3ccc(-c4ccccc4)nn3)[C@@H]2C1. The van der Waals surface area contributed by atoms with E-state index in [2.05, 4.69) is 51.3 Å². The van der Waals surface area contributed by atoms with Crippen LogP contribution in [0.2, 0.25) is 0 Å². The van der Waals surface area contributed by atoms with Crippen molar-refractivity contribution in [1.82, 2.24) is 15.1 Å². The van der Waals surface area contributed by atoms with Crippen LogP contribution in [0.25, 0.3) is 11.3 Å². The Morgan fingerprint density at radius 3 is 2.50 bits per heavy atom. The van der Waals surface area contributed by atoms with Gasteiger partial charge in [0.05, 0.1) is 5.69 Å². The normalized spacial score (nSPS) is 25.4. The van der Waals surface area contributed by atoms with Crippen LogP contribution in [0.4, 0.5) is 5.82 Å². The van der Waals surface area contributed by atoms with E-state index in [9.17, 15) is 0 Å². The van der Waals surface area contributed by atoms with Gasteiger partial charge in [0, 0.05) is 37.2 Å². The Kier molecular flexibility index (Phi) is 2.70. The molecule has 4 heteroatoms. The number of anilines is 1. The van der Waals surface area contributed by atoms with E-state index in [0.717, 1.165) is 36.1 Å². The third-order valence-electron chi connectivity index (χ3n) is 4.43. The molecule has 0 N–H and O–H groups in total. The van der Waals surface area contributed by atoms with Gasteiger partial charge in [0.1, 0.15) is 0 Å². The molecule has 0 spiro atoms. The highest BCUT2D eigenvalue weighted by molar-refractivity contribution is 5.59. The van der Waals surface area contributed by atoms with Gasteiger partial charge < -0.3 is 9.80 Å². The Morgan fingerprint density at radius 2 is 1.80 bits per heavy atom. The average Bonchev–Trinajstić information content (AvgIpc) is 2.77. The maximum Gasteiger partial charge on any atom is 0.151 e. The van der Waals surface area contributed by atoms with Crippen LogP contribution >= 0.6 is 0 Å². The minimum absolute atomic E-state index is 0.636. The summed E-state index contributed by atoms with van der Waals surface area (Å²) in [5.41, 5.74) is 2.06. The van der Waals surface area contributed by atoms with E-state index >= 15 is 0 Å². The highest BCUT2D eigenvalue weighted by Gasteiger charge is 2.45. The van der Waals surface area contributed by atoms with Crippen molar-refractivity contribution in [2.45, 2.75) is 6.04 Å². The van der Waals surface area contributed by atoms with Gasteiger partial charge in [-0.15, -0.1) is 10.2 Å². The summed E-state index contributed by atoms with van der Waals surface area (Å²) in [4.78, 5) is 4.79. The van der Waals surface area contributed by atoms with E-state index < -0.39 is 0 Å². The number of hydrogen-bond donors (Lipinski definition) is 0. The predicted octanol–water partition coefficient (Wildman–Crippen LogP) is 1.89. The summed E-state index contributed by atoms with van der Waals surface area (Å²) < 4.78 is 0. The van der Waals surface area contributed by atoms with Crippen molar-refractivity contribution in [3.8, 4) is 11.3 Å². The van der Waals surface area contributed by atoms with Crippen molar-refractivity contribution < 1.29 is 0 Å². The van der Waals surface area contributed by atoms with Crippen LogP contribution in [0, 0.1) is 5.92 Å². The summed E-state index contributed by atoms with van der Waals surface area (Å²) in [6.07, 6.45) is 0. The maximum atomic E-state index is 4.42. The highest BCUT2D eigenvalue weighted by Crippen LogP contribution is 2.34. The molecule has 0 bridgehead atoms. The van der Waals surface area contributed by atoms with Gasteiger partial charge in [0.15, 0.2) is 5.82 Å². The van der Waals surface area contributed by atoms with E-state index in [1.165, 1.54) is 6.54 Å². The van der Waals surface area contributed by atoms with Crippen molar-refractivity contribution in [2.75, 3.05) is 31.6 Å². The van der Waals surface area contributed by atoms with Crippen LogP contribution in [-0.2, 0) is 0 Å². The van der Waals surface area contributed by atoms with Gasteiger partial charge in [-0.05, 0) is 19.2 Å². The first kappa shape index (κ1) is 11.9. The third kappa shape index (κ3) is 1.88. The van der Waals surface area contributed by atoms with Gasteiger partial charge in [0.25, 0.3) is 0 Å². The lowest BCUT2D eigenvalue weighted by Gasteiger charge is -2.44. The molecule has 0 aliphatic carbocycles. The molecule has 0 unspecified atom stereocenters. The fraction of sp³-hybridized carbons (Fsp3) is 0.375. The minimum Gasteiger partial charge on any atom is -0.350 e. The zero-order valence-corrected chi connectivity index (χ0v) is 11.6. The molecular weight excluding hydrogens is 248 g/mol. The summed E-state index contributed by atoms with van der Waals surface area (Å²) in [6, 6.07) is 15.0. The quantitative estimate of drug-likeness (QED) is 0.831. The average molecular weight is 266 g/mol. The van der Waals surface area contributed by atoms with Crippen LogP contribution < -0.4 is 4.90 Å². The summed E-state index contributed by atoms with van der Waals surface area (Å²) in [5.74, 6) is 1.83. The second-order valence-corrected chi connectivity index (χ2v) is 5.84. The highest BCUT2D eigenvalue weighted by atomic mass is 15.4. The Labute approximate surface area is 119 Å². The zero-order valence-electron chi connectivity index (χ0n) is 11.6. The lowest BCUT2D eigenvalue weighted by atomic mass is 9.92. The van der Waals surface area contributed by atoms with Crippen LogP contribution in [0.3, 0.4) is 0 Å². The molecule has 0 saturated carbocycles. The number of aromatic nitrogens is 2. The number of benzene rings is 1. The molecule has 0 radical (unpaired) electrons. The van der Waals surface area contributed by atoms with E-state index in [0.29, 0.717) is 6.04 Å².